The van der Waals surface area contributed by atoms with E-state index in [9.17, 15) is 26.7 Å². The lowest BCUT2D eigenvalue weighted by atomic mass is 9.89. The Morgan fingerprint density at radius 3 is 2.44 bits per heavy atom. The number of aromatic nitrogens is 4. The number of ether oxygens (including phenoxy) is 1. The van der Waals surface area contributed by atoms with Gasteiger partial charge in [-0.05, 0) is 30.2 Å². The van der Waals surface area contributed by atoms with Crippen molar-refractivity contribution < 1.29 is 26.7 Å². The number of aryl methyl sites for hydroxylation is 1. The van der Waals surface area contributed by atoms with Gasteiger partial charge in [-0.1, -0.05) is 0 Å². The lowest BCUT2D eigenvalue weighted by Crippen LogP contribution is -2.41. The molecular weight excluding hydrogens is 435 g/mol. The fourth-order valence-electron chi connectivity index (χ4n) is 4.30. The van der Waals surface area contributed by atoms with Gasteiger partial charge in [0.15, 0.2) is 0 Å². The first-order chi connectivity index (χ1) is 15.2. The van der Waals surface area contributed by atoms with Crippen LogP contribution < -0.4 is 10.4 Å². The van der Waals surface area contributed by atoms with Crippen LogP contribution in [-0.2, 0) is 12.6 Å². The van der Waals surface area contributed by atoms with Crippen LogP contribution in [0.25, 0.3) is 0 Å². The third-order valence-corrected chi connectivity index (χ3v) is 5.89. The van der Waals surface area contributed by atoms with Gasteiger partial charge in [0.25, 0.3) is 0 Å². The third-order valence-electron chi connectivity index (χ3n) is 5.89. The van der Waals surface area contributed by atoms with Crippen LogP contribution in [0.5, 0.6) is 5.75 Å². The van der Waals surface area contributed by atoms with E-state index in [1.165, 1.54) is 27.6 Å². The minimum absolute atomic E-state index is 0.0103. The molecule has 168 valence electrons. The predicted octanol–water partition coefficient (Wildman–Crippen LogP) is 4.05. The van der Waals surface area contributed by atoms with Gasteiger partial charge in [-0.3, -0.25) is 9.55 Å². The molecule has 0 saturated heterocycles. The van der Waals surface area contributed by atoms with Crippen molar-refractivity contribution in [1.82, 2.24) is 19.3 Å². The Kier molecular flexibility index (Phi) is 4.79. The molecule has 1 fully saturated rings. The molecule has 5 rings (SSSR count). The van der Waals surface area contributed by atoms with E-state index in [-0.39, 0.29) is 23.6 Å². The van der Waals surface area contributed by atoms with Crippen LogP contribution in [0.4, 0.5) is 22.0 Å². The van der Waals surface area contributed by atoms with Crippen molar-refractivity contribution in [3.63, 3.8) is 0 Å². The molecule has 32 heavy (non-hydrogen) atoms. The van der Waals surface area contributed by atoms with E-state index in [0.717, 1.165) is 18.3 Å². The minimum atomic E-state index is -4.51. The zero-order chi connectivity index (χ0) is 22.6. The molecule has 1 saturated carbocycles. The summed E-state index contributed by atoms with van der Waals surface area (Å²) in [6, 6.07) is 3.32. The van der Waals surface area contributed by atoms with Gasteiger partial charge in [0, 0.05) is 31.5 Å². The monoisotopic (exact) mass is 452 g/mol. The van der Waals surface area contributed by atoms with Crippen molar-refractivity contribution in [2.75, 3.05) is 0 Å². The van der Waals surface area contributed by atoms with Gasteiger partial charge in [0.2, 0.25) is 0 Å². The lowest BCUT2D eigenvalue weighted by Gasteiger charge is -2.34. The van der Waals surface area contributed by atoms with Crippen molar-refractivity contribution in [3.05, 3.63) is 75.7 Å². The molecule has 0 unspecified atom stereocenters. The maximum atomic E-state index is 13.6. The molecule has 0 spiro atoms. The summed E-state index contributed by atoms with van der Waals surface area (Å²) >= 11 is 0. The summed E-state index contributed by atoms with van der Waals surface area (Å²) < 4.78 is 74.1. The van der Waals surface area contributed by atoms with Crippen LogP contribution in [0.1, 0.15) is 48.3 Å². The molecule has 0 bridgehead atoms. The second kappa shape index (κ2) is 7.42. The number of hydrogen-bond donors (Lipinski definition) is 0. The molecule has 1 atom stereocenters. The molecule has 3 heterocycles. The van der Waals surface area contributed by atoms with E-state index < -0.39 is 29.4 Å². The van der Waals surface area contributed by atoms with E-state index in [4.69, 9.17) is 4.74 Å². The molecule has 2 aromatic heterocycles. The first kappa shape index (κ1) is 20.7. The van der Waals surface area contributed by atoms with Crippen molar-refractivity contribution in [2.24, 2.45) is 0 Å². The molecule has 1 aliphatic carbocycles. The Labute approximate surface area is 178 Å². The number of fused-ring (bicyclic) bond motifs is 1. The Morgan fingerprint density at radius 2 is 1.75 bits per heavy atom. The SMILES string of the molecule is O=c1n2c(nn1[C@H]1C[C@H](Oc3cncc(C(F)(F)F)c3)C1)CC[C@H]2c1cc(F)cc(F)c1. The van der Waals surface area contributed by atoms with Gasteiger partial charge in [0.1, 0.15) is 29.3 Å². The number of nitrogens with zero attached hydrogens (tertiary/aromatic N) is 4. The highest BCUT2D eigenvalue weighted by molar-refractivity contribution is 5.26. The summed E-state index contributed by atoms with van der Waals surface area (Å²) in [6.07, 6.45) is -1.15. The quantitative estimate of drug-likeness (QED) is 0.561. The summed E-state index contributed by atoms with van der Waals surface area (Å²) in [5.41, 5.74) is -0.904. The summed E-state index contributed by atoms with van der Waals surface area (Å²) in [7, 11) is 0. The van der Waals surface area contributed by atoms with Gasteiger partial charge in [-0.2, -0.15) is 18.3 Å². The highest BCUT2D eigenvalue weighted by Gasteiger charge is 2.38. The maximum absolute atomic E-state index is 13.6. The van der Waals surface area contributed by atoms with Crippen LogP contribution in [-0.4, -0.2) is 25.4 Å². The number of halogens is 5. The highest BCUT2D eigenvalue weighted by atomic mass is 19.4. The highest BCUT2D eigenvalue weighted by Crippen LogP contribution is 2.37. The zero-order valence-electron chi connectivity index (χ0n) is 16.5. The van der Waals surface area contributed by atoms with Crippen molar-refractivity contribution >= 4 is 0 Å². The molecule has 1 aromatic carbocycles. The number of pyridine rings is 1. The molecule has 2 aliphatic rings. The molecule has 0 N–H and O–H groups in total. The van der Waals surface area contributed by atoms with E-state index in [1.807, 2.05) is 0 Å². The standard InChI is InChI=1S/C21H17F5N4O2/c22-13-3-11(4-14(23)6-13)18-1-2-19-28-30(20(31)29(18)19)15-7-16(8-15)32-17-5-12(9-27-10-17)21(24,25)26/h3-6,9-10,15-16,18H,1-2,7-8H2/t15-,16-,18-/m0/s1. The predicted molar refractivity (Wildman–Crippen MR) is 101 cm³/mol. The van der Waals surface area contributed by atoms with Gasteiger partial charge in [-0.25, -0.2) is 18.3 Å². The van der Waals surface area contributed by atoms with Crippen LogP contribution in [0.2, 0.25) is 0 Å². The largest absolute Gasteiger partial charge is 0.489 e. The third kappa shape index (κ3) is 3.65. The summed E-state index contributed by atoms with van der Waals surface area (Å²) in [5.74, 6) is -0.874. The minimum Gasteiger partial charge on any atom is -0.489 e. The van der Waals surface area contributed by atoms with Crippen LogP contribution >= 0.6 is 0 Å². The average molecular weight is 452 g/mol. The van der Waals surface area contributed by atoms with Crippen molar-refractivity contribution in [1.29, 1.82) is 0 Å². The van der Waals surface area contributed by atoms with E-state index in [1.54, 1.807) is 0 Å². The number of rotatable bonds is 4. The van der Waals surface area contributed by atoms with Crippen LogP contribution in [0.15, 0.2) is 41.5 Å². The fourth-order valence-corrected chi connectivity index (χ4v) is 4.30. The van der Waals surface area contributed by atoms with E-state index >= 15 is 0 Å². The summed E-state index contributed by atoms with van der Waals surface area (Å²) in [5, 5.41) is 4.38. The second-order valence-electron chi connectivity index (χ2n) is 8.04. The lowest BCUT2D eigenvalue weighted by molar-refractivity contribution is -0.138. The summed E-state index contributed by atoms with van der Waals surface area (Å²) in [4.78, 5) is 16.5. The number of hydrogen-bond acceptors (Lipinski definition) is 4. The normalized spacial score (nSPS) is 22.5. The maximum Gasteiger partial charge on any atom is 0.418 e. The summed E-state index contributed by atoms with van der Waals surface area (Å²) in [6.45, 7) is 0. The molecular formula is C21H17F5N4O2. The first-order valence-corrected chi connectivity index (χ1v) is 10.0. The number of benzene rings is 1. The van der Waals surface area contributed by atoms with Crippen molar-refractivity contribution in [2.45, 2.75) is 50.0 Å². The van der Waals surface area contributed by atoms with Gasteiger partial charge < -0.3 is 4.74 Å². The van der Waals surface area contributed by atoms with Gasteiger partial charge in [0.05, 0.1) is 23.8 Å². The first-order valence-electron chi connectivity index (χ1n) is 10.0. The fraction of sp³-hybridized carbons (Fsp3) is 0.381. The topological polar surface area (TPSA) is 61.9 Å². The Bertz CT molecular complexity index is 1210. The van der Waals surface area contributed by atoms with E-state index in [0.29, 0.717) is 37.1 Å². The molecule has 6 nitrogen and oxygen atoms in total. The average Bonchev–Trinajstić information content (AvgIpc) is 3.24. The molecule has 0 amide bonds. The van der Waals surface area contributed by atoms with Gasteiger partial charge >= 0.3 is 11.9 Å². The van der Waals surface area contributed by atoms with Crippen molar-refractivity contribution in [3.8, 4) is 5.75 Å². The second-order valence-corrected chi connectivity index (χ2v) is 8.04. The Hall–Kier alpha value is -3.24. The Balaban J connectivity index is 1.30. The molecule has 0 radical (unpaired) electrons. The van der Waals surface area contributed by atoms with Gasteiger partial charge in [-0.15, -0.1) is 0 Å². The Morgan fingerprint density at radius 1 is 1.03 bits per heavy atom. The van der Waals surface area contributed by atoms with Crippen LogP contribution in [0, 0.1) is 11.6 Å². The van der Waals surface area contributed by atoms with E-state index in [2.05, 4.69) is 10.1 Å². The van der Waals surface area contributed by atoms with Crippen LogP contribution in [0.3, 0.4) is 0 Å². The molecule has 3 aromatic rings. The smallest absolute Gasteiger partial charge is 0.418 e. The zero-order valence-corrected chi connectivity index (χ0v) is 16.5. The number of alkyl halides is 3. The molecule has 1 aliphatic heterocycles. The molecule has 11 heteroatoms.